The van der Waals surface area contributed by atoms with E-state index in [4.69, 9.17) is 0 Å². The van der Waals surface area contributed by atoms with Crippen LogP contribution in [0.5, 0.6) is 0 Å². The van der Waals surface area contributed by atoms with Crippen molar-refractivity contribution < 1.29 is 9.90 Å². The van der Waals surface area contributed by atoms with Gasteiger partial charge in [-0.3, -0.25) is 0 Å². The van der Waals surface area contributed by atoms with Crippen LogP contribution in [-0.4, -0.2) is 12.0 Å². The lowest BCUT2D eigenvalue weighted by Gasteiger charge is -1.83. The Hall–Kier alpha value is -1.08. The summed E-state index contributed by atoms with van der Waals surface area (Å²) in [6, 6.07) is 0. The van der Waals surface area contributed by atoms with Gasteiger partial charge in [-0.25, -0.2) is 0 Å². The van der Waals surface area contributed by atoms with Gasteiger partial charge in [-0.05, 0) is 25.3 Å². The largest absolute Gasteiger partial charge is 0.528 e. The highest BCUT2D eigenvalue weighted by molar-refractivity contribution is 5.74. The van der Waals surface area contributed by atoms with Gasteiger partial charge in [-0.2, -0.15) is 4.99 Å². The van der Waals surface area contributed by atoms with Crippen LogP contribution < -0.4 is 5.11 Å². The molecule has 44 valence electrons. The summed E-state index contributed by atoms with van der Waals surface area (Å²) in [7, 11) is 0. The zero-order chi connectivity index (χ0) is 6.57. The molecule has 0 atom stereocenters. The minimum atomic E-state index is -1.45. The molecule has 3 nitrogen and oxygen atoms in total. The number of rotatable bonds is 0. The molecule has 0 bridgehead atoms. The van der Waals surface area contributed by atoms with Gasteiger partial charge in [0.2, 0.25) is 0 Å². The van der Waals surface area contributed by atoms with Crippen molar-refractivity contribution in [2.45, 2.75) is 13.8 Å². The lowest BCUT2D eigenvalue weighted by atomic mass is 10.4. The fraction of sp³-hybridized carbons (Fsp3) is 0.400. The zero-order valence-electron chi connectivity index (χ0n) is 4.76. The van der Waals surface area contributed by atoms with Gasteiger partial charge in [-0.1, -0.05) is 0 Å². The molecular weight excluding hydrogens is 106 g/mol. The van der Waals surface area contributed by atoms with E-state index in [1.165, 1.54) is 0 Å². The Morgan fingerprint density at radius 3 is 2.25 bits per heavy atom. The van der Waals surface area contributed by atoms with E-state index < -0.39 is 6.09 Å². The third kappa shape index (κ3) is 4.92. The predicted molar refractivity (Wildman–Crippen MR) is 27.7 cm³/mol. The molecule has 0 aliphatic heterocycles. The number of hydrogen-bond acceptors (Lipinski definition) is 2. The van der Waals surface area contributed by atoms with Crippen LogP contribution in [0.4, 0.5) is 4.79 Å². The number of allylic oxidation sites excluding steroid dienone is 1. The number of carbonyl (C=O) groups excluding carboxylic acids is 1. The molecule has 0 aromatic carbocycles. The highest BCUT2D eigenvalue weighted by Gasteiger charge is 1.69. The average Bonchev–Trinajstić information content (AvgIpc) is 1.61. The van der Waals surface area contributed by atoms with E-state index in [1.54, 1.807) is 13.8 Å². The minimum absolute atomic E-state index is 0.717. The Labute approximate surface area is 47.4 Å². The maximum Gasteiger partial charge on any atom is 0.172 e. The average molecular weight is 112 g/mol. The smallest absolute Gasteiger partial charge is 0.172 e. The van der Waals surface area contributed by atoms with Crippen molar-refractivity contribution in [2.24, 2.45) is 4.99 Å². The predicted octanol–water partition coefficient (Wildman–Crippen LogP) is -0.0344. The summed E-state index contributed by atoms with van der Waals surface area (Å²) in [6.45, 7) is 3.40. The molecule has 0 aliphatic rings. The third-order valence-corrected chi connectivity index (χ3v) is 0.371. The van der Waals surface area contributed by atoms with E-state index >= 15 is 0 Å². The molecule has 0 heterocycles. The first-order chi connectivity index (χ1) is 3.63. The van der Waals surface area contributed by atoms with Crippen LogP contribution in [0.3, 0.4) is 0 Å². The van der Waals surface area contributed by atoms with Crippen molar-refractivity contribution in [1.29, 1.82) is 0 Å². The summed E-state index contributed by atoms with van der Waals surface area (Å²) >= 11 is 0. The molecule has 1 amide bonds. The van der Waals surface area contributed by atoms with Crippen LogP contribution in [0, 0.1) is 0 Å². The molecule has 0 N–H and O–H groups in total. The molecule has 0 aromatic heterocycles. The molecule has 3 heteroatoms. The van der Waals surface area contributed by atoms with Crippen molar-refractivity contribution >= 4 is 12.0 Å². The number of hydrogen-bond donors (Lipinski definition) is 0. The normalized spacial score (nSPS) is 7.25. The Morgan fingerprint density at radius 2 is 2.12 bits per heavy atom. The maximum absolute atomic E-state index is 9.55. The van der Waals surface area contributed by atoms with Gasteiger partial charge in [0.25, 0.3) is 0 Å². The van der Waals surface area contributed by atoms with Gasteiger partial charge >= 0.3 is 0 Å². The van der Waals surface area contributed by atoms with E-state index in [0.29, 0.717) is 5.57 Å². The number of amides is 1. The summed E-state index contributed by atoms with van der Waals surface area (Å²) in [6.07, 6.45) is -1.45. The van der Waals surface area contributed by atoms with Crippen LogP contribution >= 0.6 is 0 Å². The fourth-order valence-corrected chi connectivity index (χ4v) is 0.157. The third-order valence-electron chi connectivity index (χ3n) is 0.371. The van der Waals surface area contributed by atoms with Crippen molar-refractivity contribution in [3.8, 4) is 0 Å². The van der Waals surface area contributed by atoms with E-state index in [1.807, 2.05) is 0 Å². The van der Waals surface area contributed by atoms with Crippen LogP contribution in [0.15, 0.2) is 10.6 Å². The number of carboxylic acid groups (broad SMARTS) is 1. The van der Waals surface area contributed by atoms with E-state index in [2.05, 4.69) is 10.9 Å². The summed E-state index contributed by atoms with van der Waals surface area (Å²) in [5, 5.41) is 9.55. The van der Waals surface area contributed by atoms with Gasteiger partial charge < -0.3 is 9.90 Å². The van der Waals surface area contributed by atoms with Gasteiger partial charge in [0.15, 0.2) is 6.09 Å². The Bertz CT molecular complexity index is 150. The van der Waals surface area contributed by atoms with E-state index in [-0.39, 0.29) is 0 Å². The topological polar surface area (TPSA) is 52.5 Å². The monoisotopic (exact) mass is 112 g/mol. The molecular formula is C5H6NO2-. The number of carbonyl (C=O) groups is 1. The van der Waals surface area contributed by atoms with E-state index in [0.717, 1.165) is 0 Å². The SMILES string of the molecule is CC(C)=C=NC(=O)[O-]. The quantitative estimate of drug-likeness (QED) is 0.413. The van der Waals surface area contributed by atoms with E-state index in [9.17, 15) is 9.90 Å². The number of nitrogens with zero attached hydrogens (tertiary/aromatic N) is 1. The Kier molecular flexibility index (Phi) is 2.59. The minimum Gasteiger partial charge on any atom is -0.528 e. The highest BCUT2D eigenvalue weighted by Crippen LogP contribution is 1.76. The lowest BCUT2D eigenvalue weighted by molar-refractivity contribution is -0.245. The summed E-state index contributed by atoms with van der Waals surface area (Å²) in [4.78, 5) is 12.4. The zero-order valence-corrected chi connectivity index (χ0v) is 4.76. The Balaban J connectivity index is 4.03. The standard InChI is InChI=1S/C5H7NO2/c1-4(2)3-6-5(7)8/h1-2H3,(H,7,8)/p-1. The van der Waals surface area contributed by atoms with Crippen molar-refractivity contribution in [2.75, 3.05) is 0 Å². The molecule has 0 rings (SSSR count). The fourth-order valence-electron chi connectivity index (χ4n) is 0.157. The first kappa shape index (κ1) is 6.92. The molecule has 0 saturated carbocycles. The first-order valence-electron chi connectivity index (χ1n) is 2.11. The molecule has 0 spiro atoms. The molecule has 0 saturated heterocycles. The van der Waals surface area contributed by atoms with Crippen LogP contribution in [-0.2, 0) is 0 Å². The second-order valence-electron chi connectivity index (χ2n) is 1.49. The summed E-state index contributed by atoms with van der Waals surface area (Å²) in [5.41, 5.74) is 0.717. The summed E-state index contributed by atoms with van der Waals surface area (Å²) < 4.78 is 0. The highest BCUT2D eigenvalue weighted by atomic mass is 16.4. The van der Waals surface area contributed by atoms with Crippen molar-refractivity contribution in [3.63, 3.8) is 0 Å². The Morgan fingerprint density at radius 1 is 1.62 bits per heavy atom. The second kappa shape index (κ2) is 2.99. The lowest BCUT2D eigenvalue weighted by Crippen LogP contribution is -2.16. The van der Waals surface area contributed by atoms with Gasteiger partial charge in [0.05, 0.1) is 0 Å². The van der Waals surface area contributed by atoms with Gasteiger partial charge in [0.1, 0.15) is 0 Å². The van der Waals surface area contributed by atoms with Crippen molar-refractivity contribution in [1.82, 2.24) is 0 Å². The van der Waals surface area contributed by atoms with Gasteiger partial charge in [0, 0.05) is 0 Å². The van der Waals surface area contributed by atoms with Crippen LogP contribution in [0.1, 0.15) is 13.8 Å². The molecule has 8 heavy (non-hydrogen) atoms. The molecule has 0 unspecified atom stereocenters. The first-order valence-corrected chi connectivity index (χ1v) is 2.11. The van der Waals surface area contributed by atoms with Crippen LogP contribution in [0.25, 0.3) is 0 Å². The molecule has 0 aromatic rings. The molecule has 0 radical (unpaired) electrons. The molecule has 0 aliphatic carbocycles. The molecule has 0 fully saturated rings. The van der Waals surface area contributed by atoms with Crippen molar-refractivity contribution in [3.05, 3.63) is 5.57 Å². The number of aliphatic imine (C=N–C) groups is 1. The second-order valence-corrected chi connectivity index (χ2v) is 1.49. The van der Waals surface area contributed by atoms with Gasteiger partial charge in [-0.15, -0.1) is 0 Å². The van der Waals surface area contributed by atoms with Crippen LogP contribution in [0.2, 0.25) is 0 Å². The maximum atomic E-state index is 9.55. The summed E-state index contributed by atoms with van der Waals surface area (Å²) in [5.74, 6) is 2.22.